The van der Waals surface area contributed by atoms with E-state index in [1.165, 1.54) is 0 Å². The van der Waals surface area contributed by atoms with Gasteiger partial charge in [-0.1, -0.05) is 18.2 Å². The molecule has 5 rings (SSSR count). The summed E-state index contributed by atoms with van der Waals surface area (Å²) >= 11 is 0. The van der Waals surface area contributed by atoms with Crippen LogP contribution < -0.4 is 9.47 Å². The fourth-order valence-corrected chi connectivity index (χ4v) is 3.64. The summed E-state index contributed by atoms with van der Waals surface area (Å²) in [7, 11) is 1.59. The molecule has 0 unspecified atom stereocenters. The minimum absolute atomic E-state index is 0.0260. The summed E-state index contributed by atoms with van der Waals surface area (Å²) in [5, 5.41) is 0.833. The number of aromatic nitrogens is 3. The highest BCUT2D eigenvalue weighted by Gasteiger charge is 2.33. The van der Waals surface area contributed by atoms with E-state index in [4.69, 9.17) is 14.5 Å². The van der Waals surface area contributed by atoms with Gasteiger partial charge in [0.15, 0.2) is 5.78 Å². The van der Waals surface area contributed by atoms with Gasteiger partial charge in [0.1, 0.15) is 12.4 Å². The third-order valence-corrected chi connectivity index (χ3v) is 4.97. The molecule has 0 spiro atoms. The molecule has 0 atom stereocenters. The number of pyridine rings is 1. The normalized spacial score (nSPS) is 12.1. The molecule has 0 amide bonds. The monoisotopic (exact) mass is 371 g/mol. The van der Waals surface area contributed by atoms with Crippen LogP contribution in [0.4, 0.5) is 0 Å². The van der Waals surface area contributed by atoms with Crippen LogP contribution in [0.25, 0.3) is 22.0 Å². The van der Waals surface area contributed by atoms with E-state index >= 15 is 0 Å². The van der Waals surface area contributed by atoms with Gasteiger partial charge < -0.3 is 14.0 Å². The first kappa shape index (κ1) is 16.5. The molecule has 4 aromatic rings. The Labute approximate surface area is 161 Å². The lowest BCUT2D eigenvalue weighted by Crippen LogP contribution is -2.09. The van der Waals surface area contributed by atoms with Crippen LogP contribution in [0.3, 0.4) is 0 Å². The van der Waals surface area contributed by atoms with Crippen LogP contribution in [0.5, 0.6) is 11.6 Å². The SMILES string of the molecule is COc1ccc2c(c1)C(=O)c1c-2c(OCCn2ccnc2)nc2ccccc12. The third kappa shape index (κ3) is 2.53. The third-order valence-electron chi connectivity index (χ3n) is 4.97. The smallest absolute Gasteiger partial charge is 0.222 e. The summed E-state index contributed by atoms with van der Waals surface area (Å²) in [5.41, 5.74) is 3.59. The van der Waals surface area contributed by atoms with Crippen molar-refractivity contribution < 1.29 is 14.3 Å². The molecule has 1 aliphatic carbocycles. The van der Waals surface area contributed by atoms with Crippen molar-refractivity contribution in [2.75, 3.05) is 13.7 Å². The molecule has 28 heavy (non-hydrogen) atoms. The van der Waals surface area contributed by atoms with Crippen molar-refractivity contribution in [1.29, 1.82) is 0 Å². The summed E-state index contributed by atoms with van der Waals surface area (Å²) in [6.07, 6.45) is 5.35. The zero-order chi connectivity index (χ0) is 19.1. The van der Waals surface area contributed by atoms with E-state index in [-0.39, 0.29) is 5.78 Å². The molecule has 6 nitrogen and oxygen atoms in total. The standard InChI is InChI=1S/C22H17N3O3/c1-27-14-6-7-15-17(12-14)21(26)19-16-4-2-3-5-18(16)24-22(20(15)19)28-11-10-25-9-8-23-13-25/h2-9,12-13H,10-11H2,1H3. The van der Waals surface area contributed by atoms with Crippen LogP contribution in [0.15, 0.2) is 61.2 Å². The van der Waals surface area contributed by atoms with Gasteiger partial charge in [-0.25, -0.2) is 9.97 Å². The quantitative estimate of drug-likeness (QED) is 0.471. The number of nitrogens with zero attached hydrogens (tertiary/aromatic N) is 3. The molecule has 0 fully saturated rings. The first-order valence-electron chi connectivity index (χ1n) is 9.00. The molecule has 0 bridgehead atoms. The van der Waals surface area contributed by atoms with Gasteiger partial charge in [0, 0.05) is 28.9 Å². The lowest BCUT2D eigenvalue weighted by Gasteiger charge is -2.13. The second-order valence-electron chi connectivity index (χ2n) is 6.57. The number of hydrogen-bond donors (Lipinski definition) is 0. The lowest BCUT2D eigenvalue weighted by molar-refractivity contribution is 0.104. The first-order valence-corrected chi connectivity index (χ1v) is 9.00. The Kier molecular flexibility index (Phi) is 3.83. The van der Waals surface area contributed by atoms with E-state index in [0.717, 1.165) is 22.0 Å². The van der Waals surface area contributed by atoms with Crippen LogP contribution in [0.2, 0.25) is 0 Å². The Morgan fingerprint density at radius 2 is 1.96 bits per heavy atom. The summed E-state index contributed by atoms with van der Waals surface area (Å²) in [6.45, 7) is 1.07. The highest BCUT2D eigenvalue weighted by Crippen LogP contribution is 2.45. The van der Waals surface area contributed by atoms with Crippen molar-refractivity contribution in [3.05, 3.63) is 72.3 Å². The van der Waals surface area contributed by atoms with Crippen molar-refractivity contribution >= 4 is 16.7 Å². The molecule has 1 aliphatic rings. The van der Waals surface area contributed by atoms with Gasteiger partial charge >= 0.3 is 0 Å². The minimum atomic E-state index is -0.0260. The van der Waals surface area contributed by atoms with E-state index in [2.05, 4.69) is 4.98 Å². The maximum absolute atomic E-state index is 13.2. The largest absolute Gasteiger partial charge is 0.497 e. The van der Waals surface area contributed by atoms with Crippen molar-refractivity contribution in [3.8, 4) is 22.8 Å². The number of carbonyl (C=O) groups excluding carboxylic acids is 1. The van der Waals surface area contributed by atoms with Gasteiger partial charge in [-0.15, -0.1) is 0 Å². The number of benzene rings is 2. The second kappa shape index (κ2) is 6.49. The van der Waals surface area contributed by atoms with Crippen molar-refractivity contribution in [2.45, 2.75) is 6.54 Å². The predicted molar refractivity (Wildman–Crippen MR) is 105 cm³/mol. The van der Waals surface area contributed by atoms with E-state index in [0.29, 0.717) is 35.9 Å². The zero-order valence-corrected chi connectivity index (χ0v) is 15.3. The number of rotatable bonds is 5. The van der Waals surface area contributed by atoms with E-state index in [1.54, 1.807) is 25.7 Å². The fourth-order valence-electron chi connectivity index (χ4n) is 3.64. The molecule has 2 aromatic carbocycles. The second-order valence-corrected chi connectivity index (χ2v) is 6.57. The molecule has 0 saturated heterocycles. The van der Waals surface area contributed by atoms with Gasteiger partial charge in [-0.05, 0) is 29.8 Å². The van der Waals surface area contributed by atoms with Crippen LogP contribution in [-0.4, -0.2) is 34.0 Å². The zero-order valence-electron chi connectivity index (χ0n) is 15.3. The number of hydrogen-bond acceptors (Lipinski definition) is 5. The fraction of sp³-hybridized carbons (Fsp3) is 0.136. The number of ketones is 1. The molecule has 2 aromatic heterocycles. The molecule has 0 saturated carbocycles. The van der Waals surface area contributed by atoms with Crippen LogP contribution in [-0.2, 0) is 6.54 Å². The van der Waals surface area contributed by atoms with E-state index in [1.807, 2.05) is 47.2 Å². The molecule has 0 N–H and O–H groups in total. The highest BCUT2D eigenvalue weighted by molar-refractivity contribution is 6.28. The van der Waals surface area contributed by atoms with E-state index < -0.39 is 0 Å². The first-order chi connectivity index (χ1) is 13.8. The number of methoxy groups -OCH3 is 1. The molecule has 0 radical (unpaired) electrons. The Morgan fingerprint density at radius 1 is 1.07 bits per heavy atom. The summed E-state index contributed by atoms with van der Waals surface area (Å²) in [5.74, 6) is 1.10. The number of imidazole rings is 1. The maximum atomic E-state index is 13.2. The number of ether oxygens (including phenoxy) is 2. The van der Waals surface area contributed by atoms with Gasteiger partial charge in [-0.3, -0.25) is 4.79 Å². The Balaban J connectivity index is 1.63. The van der Waals surface area contributed by atoms with Crippen LogP contribution in [0, 0.1) is 0 Å². The molecule has 2 heterocycles. The Morgan fingerprint density at radius 3 is 2.79 bits per heavy atom. The maximum Gasteiger partial charge on any atom is 0.222 e. The van der Waals surface area contributed by atoms with Crippen molar-refractivity contribution in [3.63, 3.8) is 0 Å². The highest BCUT2D eigenvalue weighted by atomic mass is 16.5. The predicted octanol–water partition coefficient (Wildman–Crippen LogP) is 3.73. The molecular weight excluding hydrogens is 354 g/mol. The summed E-state index contributed by atoms with van der Waals surface area (Å²) in [6, 6.07) is 13.2. The molecule has 138 valence electrons. The number of carbonyl (C=O) groups is 1. The Hall–Kier alpha value is -3.67. The van der Waals surface area contributed by atoms with Crippen molar-refractivity contribution in [1.82, 2.24) is 14.5 Å². The minimum Gasteiger partial charge on any atom is -0.497 e. The van der Waals surface area contributed by atoms with Crippen LogP contribution >= 0.6 is 0 Å². The Bertz CT molecular complexity index is 1200. The summed E-state index contributed by atoms with van der Waals surface area (Å²) < 4.78 is 13.3. The number of para-hydroxylation sites is 1. The van der Waals surface area contributed by atoms with Gasteiger partial charge in [0.05, 0.1) is 31.1 Å². The van der Waals surface area contributed by atoms with Crippen LogP contribution in [0.1, 0.15) is 15.9 Å². The molecule has 0 aliphatic heterocycles. The van der Waals surface area contributed by atoms with Gasteiger partial charge in [-0.2, -0.15) is 0 Å². The van der Waals surface area contributed by atoms with Gasteiger partial charge in [0.2, 0.25) is 5.88 Å². The summed E-state index contributed by atoms with van der Waals surface area (Å²) in [4.78, 5) is 22.0. The lowest BCUT2D eigenvalue weighted by atomic mass is 10.0. The molecular formula is C22H17N3O3. The van der Waals surface area contributed by atoms with E-state index in [9.17, 15) is 4.79 Å². The number of fused-ring (bicyclic) bond motifs is 5. The van der Waals surface area contributed by atoms with Crippen molar-refractivity contribution in [2.24, 2.45) is 0 Å². The average Bonchev–Trinajstić information content (AvgIpc) is 3.35. The van der Waals surface area contributed by atoms with Gasteiger partial charge in [0.25, 0.3) is 0 Å². The topological polar surface area (TPSA) is 66.2 Å². The molecule has 6 heteroatoms. The average molecular weight is 371 g/mol.